The van der Waals surface area contributed by atoms with Gasteiger partial charge in [-0.15, -0.1) is 0 Å². The SMILES string of the molecule is Cc1cccc(C)c1C(O)CCN(Cc1ccccc1)C(C)C. The molecular formula is C21H29NO. The van der Waals surface area contributed by atoms with Gasteiger partial charge in [-0.25, -0.2) is 0 Å². The molecule has 2 aromatic carbocycles. The molecule has 124 valence electrons. The molecule has 0 saturated heterocycles. The van der Waals surface area contributed by atoms with Crippen LogP contribution in [0.5, 0.6) is 0 Å². The van der Waals surface area contributed by atoms with E-state index in [0.717, 1.165) is 25.1 Å². The normalized spacial score (nSPS) is 12.8. The van der Waals surface area contributed by atoms with Crippen LogP contribution < -0.4 is 0 Å². The summed E-state index contributed by atoms with van der Waals surface area (Å²) in [6, 6.07) is 17.2. The Hall–Kier alpha value is -1.64. The first kappa shape index (κ1) is 17.7. The minimum absolute atomic E-state index is 0.395. The largest absolute Gasteiger partial charge is 0.388 e. The van der Waals surface area contributed by atoms with Gasteiger partial charge in [0.15, 0.2) is 0 Å². The fraction of sp³-hybridized carbons (Fsp3) is 0.429. The van der Waals surface area contributed by atoms with Crippen molar-refractivity contribution in [2.45, 2.75) is 52.8 Å². The second-order valence-corrected chi connectivity index (χ2v) is 6.66. The first-order valence-electron chi connectivity index (χ1n) is 8.51. The van der Waals surface area contributed by atoms with E-state index >= 15 is 0 Å². The van der Waals surface area contributed by atoms with Gasteiger partial charge in [0.1, 0.15) is 0 Å². The highest BCUT2D eigenvalue weighted by atomic mass is 16.3. The maximum Gasteiger partial charge on any atom is 0.0807 e. The number of aliphatic hydroxyl groups excluding tert-OH is 1. The second kappa shape index (κ2) is 8.28. The minimum Gasteiger partial charge on any atom is -0.388 e. The van der Waals surface area contributed by atoms with Crippen LogP contribution in [-0.2, 0) is 6.54 Å². The molecule has 23 heavy (non-hydrogen) atoms. The number of rotatable bonds is 7. The van der Waals surface area contributed by atoms with Gasteiger partial charge in [-0.05, 0) is 56.4 Å². The maximum atomic E-state index is 10.7. The molecule has 2 nitrogen and oxygen atoms in total. The van der Waals surface area contributed by atoms with E-state index in [-0.39, 0.29) is 0 Å². The van der Waals surface area contributed by atoms with Crippen molar-refractivity contribution in [3.63, 3.8) is 0 Å². The van der Waals surface area contributed by atoms with Crippen molar-refractivity contribution in [2.75, 3.05) is 6.54 Å². The zero-order valence-corrected chi connectivity index (χ0v) is 14.8. The van der Waals surface area contributed by atoms with E-state index in [9.17, 15) is 5.11 Å². The number of hydrogen-bond donors (Lipinski definition) is 1. The van der Waals surface area contributed by atoms with Gasteiger partial charge in [0.2, 0.25) is 0 Å². The molecular weight excluding hydrogens is 282 g/mol. The fourth-order valence-electron chi connectivity index (χ4n) is 3.12. The summed E-state index contributed by atoms with van der Waals surface area (Å²) >= 11 is 0. The third kappa shape index (κ3) is 4.92. The Balaban J connectivity index is 2.01. The lowest BCUT2D eigenvalue weighted by Gasteiger charge is -2.28. The summed E-state index contributed by atoms with van der Waals surface area (Å²) < 4.78 is 0. The molecule has 1 atom stereocenters. The topological polar surface area (TPSA) is 23.5 Å². The fourth-order valence-corrected chi connectivity index (χ4v) is 3.12. The van der Waals surface area contributed by atoms with Crippen molar-refractivity contribution < 1.29 is 5.11 Å². The van der Waals surface area contributed by atoms with E-state index in [4.69, 9.17) is 0 Å². The molecule has 2 heteroatoms. The van der Waals surface area contributed by atoms with Crippen LogP contribution in [0.1, 0.15) is 48.6 Å². The Morgan fingerprint density at radius 3 is 2.09 bits per heavy atom. The molecule has 0 aromatic heterocycles. The summed E-state index contributed by atoms with van der Waals surface area (Å²) in [5, 5.41) is 10.7. The molecule has 2 aromatic rings. The Morgan fingerprint density at radius 1 is 0.913 bits per heavy atom. The molecule has 0 fully saturated rings. The van der Waals surface area contributed by atoms with Gasteiger partial charge in [-0.3, -0.25) is 4.90 Å². The van der Waals surface area contributed by atoms with Crippen LogP contribution in [0.3, 0.4) is 0 Å². The quantitative estimate of drug-likeness (QED) is 0.805. The van der Waals surface area contributed by atoms with Crippen molar-refractivity contribution >= 4 is 0 Å². The molecule has 2 rings (SSSR count). The van der Waals surface area contributed by atoms with Crippen LogP contribution >= 0.6 is 0 Å². The minimum atomic E-state index is -0.395. The summed E-state index contributed by atoms with van der Waals surface area (Å²) in [6.07, 6.45) is 0.365. The molecule has 0 heterocycles. The van der Waals surface area contributed by atoms with Crippen LogP contribution in [0.4, 0.5) is 0 Å². The van der Waals surface area contributed by atoms with Crippen molar-refractivity contribution in [3.05, 3.63) is 70.8 Å². The highest BCUT2D eigenvalue weighted by Gasteiger charge is 2.16. The molecule has 0 bridgehead atoms. The van der Waals surface area contributed by atoms with E-state index in [1.807, 2.05) is 6.07 Å². The highest BCUT2D eigenvalue weighted by molar-refractivity contribution is 5.35. The third-order valence-corrected chi connectivity index (χ3v) is 4.52. The molecule has 0 spiro atoms. The van der Waals surface area contributed by atoms with E-state index < -0.39 is 6.10 Å². The number of hydrogen-bond acceptors (Lipinski definition) is 2. The molecule has 1 unspecified atom stereocenters. The van der Waals surface area contributed by atoms with Gasteiger partial charge in [0.25, 0.3) is 0 Å². The number of nitrogens with zero attached hydrogens (tertiary/aromatic N) is 1. The summed E-state index contributed by atoms with van der Waals surface area (Å²) in [7, 11) is 0. The lowest BCUT2D eigenvalue weighted by molar-refractivity contribution is 0.126. The molecule has 1 N–H and O–H groups in total. The van der Waals surface area contributed by atoms with Crippen molar-refractivity contribution in [2.24, 2.45) is 0 Å². The van der Waals surface area contributed by atoms with Gasteiger partial charge in [0, 0.05) is 19.1 Å². The monoisotopic (exact) mass is 311 g/mol. The van der Waals surface area contributed by atoms with Crippen LogP contribution in [-0.4, -0.2) is 22.6 Å². The zero-order valence-electron chi connectivity index (χ0n) is 14.8. The van der Waals surface area contributed by atoms with Gasteiger partial charge < -0.3 is 5.11 Å². The van der Waals surface area contributed by atoms with Crippen LogP contribution in [0.15, 0.2) is 48.5 Å². The number of aliphatic hydroxyl groups is 1. The van der Waals surface area contributed by atoms with E-state index in [1.54, 1.807) is 0 Å². The Morgan fingerprint density at radius 2 is 1.52 bits per heavy atom. The van der Waals surface area contributed by atoms with Crippen LogP contribution in [0, 0.1) is 13.8 Å². The smallest absolute Gasteiger partial charge is 0.0807 e. The predicted molar refractivity (Wildman–Crippen MR) is 97.5 cm³/mol. The zero-order chi connectivity index (χ0) is 16.8. The Bertz CT molecular complexity index is 586. The van der Waals surface area contributed by atoms with Gasteiger partial charge in [-0.2, -0.15) is 0 Å². The number of benzene rings is 2. The standard InChI is InChI=1S/C21H29NO/c1-16(2)22(15-19-11-6-5-7-12-19)14-13-20(23)21-17(3)9-8-10-18(21)4/h5-12,16,20,23H,13-15H2,1-4H3. The van der Waals surface area contributed by atoms with Crippen LogP contribution in [0.2, 0.25) is 0 Å². The maximum absolute atomic E-state index is 10.7. The molecule has 0 saturated carbocycles. The lowest BCUT2D eigenvalue weighted by Crippen LogP contribution is -2.32. The third-order valence-electron chi connectivity index (χ3n) is 4.52. The molecule has 0 aliphatic rings. The summed E-state index contributed by atoms with van der Waals surface area (Å²) in [5.41, 5.74) is 4.77. The number of aryl methyl sites for hydroxylation is 2. The van der Waals surface area contributed by atoms with E-state index in [2.05, 4.69) is 75.1 Å². The van der Waals surface area contributed by atoms with Gasteiger partial charge >= 0.3 is 0 Å². The average Bonchev–Trinajstić information content (AvgIpc) is 2.52. The van der Waals surface area contributed by atoms with Crippen molar-refractivity contribution in [1.29, 1.82) is 0 Å². The molecule has 0 aliphatic heterocycles. The first-order chi connectivity index (χ1) is 11.0. The van der Waals surface area contributed by atoms with Gasteiger partial charge in [0.05, 0.1) is 6.10 Å². The second-order valence-electron chi connectivity index (χ2n) is 6.66. The van der Waals surface area contributed by atoms with Gasteiger partial charge in [-0.1, -0.05) is 48.5 Å². The summed E-state index contributed by atoms with van der Waals surface area (Å²) in [5.74, 6) is 0. The summed E-state index contributed by atoms with van der Waals surface area (Å²) in [6.45, 7) is 10.4. The lowest BCUT2D eigenvalue weighted by atomic mass is 9.96. The first-order valence-corrected chi connectivity index (χ1v) is 8.51. The Kier molecular flexibility index (Phi) is 6.37. The average molecular weight is 311 g/mol. The molecule has 0 aliphatic carbocycles. The molecule has 0 radical (unpaired) electrons. The van der Waals surface area contributed by atoms with Crippen molar-refractivity contribution in [1.82, 2.24) is 4.90 Å². The highest BCUT2D eigenvalue weighted by Crippen LogP contribution is 2.25. The Labute approximate surface area is 140 Å². The van der Waals surface area contributed by atoms with Crippen molar-refractivity contribution in [3.8, 4) is 0 Å². The van der Waals surface area contributed by atoms with Crippen LogP contribution in [0.25, 0.3) is 0 Å². The predicted octanol–water partition coefficient (Wildman–Crippen LogP) is 4.64. The summed E-state index contributed by atoms with van der Waals surface area (Å²) in [4.78, 5) is 2.42. The van der Waals surface area contributed by atoms with E-state index in [1.165, 1.54) is 16.7 Å². The van der Waals surface area contributed by atoms with E-state index in [0.29, 0.717) is 6.04 Å². The molecule has 0 amide bonds.